The molecule has 0 radical (unpaired) electrons. The van der Waals surface area contributed by atoms with Crippen molar-refractivity contribution in [3.05, 3.63) is 55.6 Å². The summed E-state index contributed by atoms with van der Waals surface area (Å²) in [6.07, 6.45) is 1.81. The Morgan fingerprint density at radius 1 is 1.26 bits per heavy atom. The number of aromatic nitrogens is 1. The van der Waals surface area contributed by atoms with Gasteiger partial charge in [-0.3, -0.25) is 24.6 Å². The third-order valence-electron chi connectivity index (χ3n) is 6.39. The van der Waals surface area contributed by atoms with Crippen molar-refractivity contribution >= 4 is 23.4 Å². The van der Waals surface area contributed by atoms with Gasteiger partial charge in [-0.1, -0.05) is 6.92 Å². The summed E-state index contributed by atoms with van der Waals surface area (Å²) >= 11 is 1.66. The van der Waals surface area contributed by atoms with Crippen LogP contribution < -0.4 is 5.56 Å². The number of morpholine rings is 1. The van der Waals surface area contributed by atoms with Crippen molar-refractivity contribution in [2.24, 2.45) is 0 Å². The van der Waals surface area contributed by atoms with Gasteiger partial charge in [0.05, 0.1) is 23.7 Å². The fraction of sp³-hybridized carbons (Fsp3) is 0.565. The Bertz CT molecular complexity index is 1130. The molecule has 2 heterocycles. The highest BCUT2D eigenvalue weighted by Gasteiger charge is 2.46. The molecule has 1 saturated carbocycles. The van der Waals surface area contributed by atoms with E-state index in [9.17, 15) is 19.7 Å². The van der Waals surface area contributed by atoms with Crippen molar-refractivity contribution < 1.29 is 19.0 Å². The summed E-state index contributed by atoms with van der Waals surface area (Å²) in [6.45, 7) is 6.29. The Morgan fingerprint density at radius 3 is 2.59 bits per heavy atom. The van der Waals surface area contributed by atoms with E-state index in [-0.39, 0.29) is 33.8 Å². The van der Waals surface area contributed by atoms with E-state index in [0.717, 1.165) is 56.2 Å². The lowest BCUT2D eigenvalue weighted by Gasteiger charge is -2.26. The minimum atomic E-state index is -0.591. The second-order valence-electron chi connectivity index (χ2n) is 9.23. The zero-order valence-corrected chi connectivity index (χ0v) is 20.6. The third kappa shape index (κ3) is 5.06. The molecule has 0 atom stereocenters. The molecule has 1 aromatic carbocycles. The quantitative estimate of drug-likeness (QED) is 0.300. The largest absolute Gasteiger partial charge is 0.379 e. The molecule has 2 aromatic rings. The average Bonchev–Trinajstić information content (AvgIpc) is 3.49. The van der Waals surface area contributed by atoms with Crippen molar-refractivity contribution in [1.29, 1.82) is 0 Å². The van der Waals surface area contributed by atoms with Crippen LogP contribution in [0.4, 0.5) is 5.69 Å². The van der Waals surface area contributed by atoms with Gasteiger partial charge in [-0.05, 0) is 25.0 Å². The first kappa shape index (κ1) is 24.5. The second-order valence-corrected chi connectivity index (χ2v) is 10.3. The summed E-state index contributed by atoms with van der Waals surface area (Å²) in [6, 6.07) is 4.09. The fourth-order valence-electron chi connectivity index (χ4n) is 4.01. The zero-order chi connectivity index (χ0) is 24.5. The summed E-state index contributed by atoms with van der Waals surface area (Å²) in [5, 5.41) is 11.8. The van der Waals surface area contributed by atoms with Crippen molar-refractivity contribution in [3.8, 4) is 5.69 Å². The van der Waals surface area contributed by atoms with Gasteiger partial charge in [-0.15, -0.1) is 4.74 Å². The highest BCUT2D eigenvalue weighted by atomic mass is 32.2. The highest BCUT2D eigenvalue weighted by Crippen LogP contribution is 2.49. The van der Waals surface area contributed by atoms with Gasteiger partial charge in [0.2, 0.25) is 0 Å². The molecule has 11 heteroatoms. The molecule has 0 N–H and O–H groups in total. The third-order valence-corrected chi connectivity index (χ3v) is 7.36. The van der Waals surface area contributed by atoms with E-state index in [1.165, 1.54) is 23.1 Å². The average molecular weight is 491 g/mol. The number of benzene rings is 1. The summed E-state index contributed by atoms with van der Waals surface area (Å²) < 4.78 is 12.4. The maximum absolute atomic E-state index is 13.4. The first-order chi connectivity index (χ1) is 16.2. The number of nitro groups is 1. The lowest BCUT2D eigenvalue weighted by molar-refractivity contribution is -0.384. The molecule has 0 bridgehead atoms. The van der Waals surface area contributed by atoms with Crippen LogP contribution in [0.2, 0.25) is 0 Å². The van der Waals surface area contributed by atoms with E-state index in [2.05, 4.69) is 4.90 Å². The number of hydrogen-bond donors (Lipinski definition) is 0. The van der Waals surface area contributed by atoms with Crippen molar-refractivity contribution in [2.75, 3.05) is 52.7 Å². The second kappa shape index (κ2) is 9.93. The Kier molecular flexibility index (Phi) is 7.15. The summed E-state index contributed by atoms with van der Waals surface area (Å²) in [5.74, 6) is 1.60. The number of ether oxygens (including phenoxy) is 1. The molecule has 2 fully saturated rings. The molecule has 184 valence electrons. The van der Waals surface area contributed by atoms with E-state index >= 15 is 0 Å². The molecular formula is C23H30N4O6S. The van der Waals surface area contributed by atoms with Crippen LogP contribution in [0, 0.1) is 10.1 Å². The Hall–Kier alpha value is -2.63. The van der Waals surface area contributed by atoms with E-state index in [1.54, 1.807) is 25.9 Å². The molecule has 4 rings (SSSR count). The van der Waals surface area contributed by atoms with Crippen LogP contribution >= 0.6 is 11.8 Å². The molecule has 1 amide bonds. The van der Waals surface area contributed by atoms with Crippen LogP contribution in [0.5, 0.6) is 0 Å². The van der Waals surface area contributed by atoms with Crippen LogP contribution in [0.3, 0.4) is 0 Å². The van der Waals surface area contributed by atoms with Crippen LogP contribution in [0.1, 0.15) is 41.4 Å². The minimum Gasteiger partial charge on any atom is -0.379 e. The highest BCUT2D eigenvalue weighted by molar-refractivity contribution is 7.98. The maximum Gasteiger partial charge on any atom is 0.297 e. The van der Waals surface area contributed by atoms with Crippen LogP contribution in [0.25, 0.3) is 5.69 Å². The molecular weight excluding hydrogens is 460 g/mol. The van der Waals surface area contributed by atoms with Crippen molar-refractivity contribution in [2.45, 2.75) is 30.9 Å². The molecule has 1 aromatic heterocycles. The van der Waals surface area contributed by atoms with E-state index < -0.39 is 4.92 Å². The maximum atomic E-state index is 13.4. The predicted octanol–water partition coefficient (Wildman–Crippen LogP) is 2.66. The van der Waals surface area contributed by atoms with Gasteiger partial charge in [0.25, 0.3) is 17.2 Å². The van der Waals surface area contributed by atoms with Gasteiger partial charge in [0.1, 0.15) is 5.76 Å². The molecule has 2 aliphatic rings. The van der Waals surface area contributed by atoms with Gasteiger partial charge in [0.15, 0.2) is 5.69 Å². The predicted molar refractivity (Wildman–Crippen MR) is 129 cm³/mol. The molecule has 1 aliphatic carbocycles. The van der Waals surface area contributed by atoms with Crippen molar-refractivity contribution in [1.82, 2.24) is 14.5 Å². The van der Waals surface area contributed by atoms with E-state index in [0.29, 0.717) is 17.1 Å². The number of hydrogen-bond acceptors (Lipinski definition) is 8. The lowest BCUT2D eigenvalue weighted by Crippen LogP contribution is -2.37. The normalized spacial score (nSPS) is 17.5. The Morgan fingerprint density at radius 2 is 1.97 bits per heavy atom. The first-order valence-electron chi connectivity index (χ1n) is 11.4. The molecule has 1 aliphatic heterocycles. The van der Waals surface area contributed by atoms with Crippen LogP contribution in [-0.4, -0.2) is 78.1 Å². The number of amides is 1. The van der Waals surface area contributed by atoms with E-state index in [1.807, 2.05) is 6.92 Å². The van der Waals surface area contributed by atoms with Gasteiger partial charge >= 0.3 is 0 Å². The van der Waals surface area contributed by atoms with Crippen molar-refractivity contribution in [3.63, 3.8) is 0 Å². The molecule has 0 spiro atoms. The Labute approximate surface area is 201 Å². The topological polar surface area (TPSA) is 111 Å². The number of carbonyl (C=O) groups excluding carboxylic acids is 1. The zero-order valence-electron chi connectivity index (χ0n) is 19.7. The Balaban J connectivity index is 1.61. The SMILES string of the molecule is CN(C)C(=O)c1ccc(-n2oc(C3(C)CC3)c(CSCCN3CCOCC3)c2=O)c([N+](=O)[O-])c1. The number of nitro benzene ring substituents is 1. The number of nitrogens with zero attached hydrogens (tertiary/aromatic N) is 4. The molecule has 34 heavy (non-hydrogen) atoms. The summed E-state index contributed by atoms with van der Waals surface area (Å²) in [4.78, 5) is 40.6. The van der Waals surface area contributed by atoms with Gasteiger partial charge < -0.3 is 14.2 Å². The van der Waals surface area contributed by atoms with Gasteiger partial charge in [-0.25, -0.2) is 0 Å². The summed E-state index contributed by atoms with van der Waals surface area (Å²) in [5.41, 5.74) is -0.178. The minimum absolute atomic E-state index is 0.0281. The monoisotopic (exact) mass is 490 g/mol. The first-order valence-corrected chi connectivity index (χ1v) is 12.5. The van der Waals surface area contributed by atoms with Crippen LogP contribution in [-0.2, 0) is 15.9 Å². The standard InChI is InChI=1S/C23H30N4O6S/c1-23(6-7-23)20-17(15-34-13-10-25-8-11-32-12-9-25)22(29)26(33-20)18-5-4-16(21(28)24(2)3)14-19(18)27(30)31/h4-5,14H,6-13,15H2,1-3H3. The smallest absolute Gasteiger partial charge is 0.297 e. The number of thioether (sulfide) groups is 1. The number of carbonyl (C=O) groups is 1. The fourth-order valence-corrected chi connectivity index (χ4v) is 5.00. The van der Waals surface area contributed by atoms with Gasteiger partial charge in [-0.2, -0.15) is 11.8 Å². The molecule has 0 unspecified atom stereocenters. The summed E-state index contributed by atoms with van der Waals surface area (Å²) in [7, 11) is 3.15. The van der Waals surface area contributed by atoms with E-state index in [4.69, 9.17) is 9.26 Å². The van der Waals surface area contributed by atoms with Crippen LogP contribution in [0.15, 0.2) is 27.5 Å². The molecule has 10 nitrogen and oxygen atoms in total. The number of rotatable bonds is 9. The molecule has 1 saturated heterocycles. The lowest BCUT2D eigenvalue weighted by atomic mass is 10.0. The van der Waals surface area contributed by atoms with Gasteiger partial charge in [0, 0.05) is 62.3 Å².